The maximum atomic E-state index is 11.6. The Bertz CT molecular complexity index is 397. The summed E-state index contributed by atoms with van der Waals surface area (Å²) in [6.45, 7) is 3.40. The van der Waals surface area contributed by atoms with Crippen molar-refractivity contribution in [1.29, 1.82) is 0 Å². The van der Waals surface area contributed by atoms with Crippen LogP contribution in [0.3, 0.4) is 0 Å². The molecule has 1 aromatic carbocycles. The molecule has 1 saturated heterocycles. The molecule has 2 N–H and O–H groups in total. The van der Waals surface area contributed by atoms with Crippen molar-refractivity contribution in [2.24, 2.45) is 5.73 Å². The van der Waals surface area contributed by atoms with Crippen LogP contribution >= 0.6 is 12.4 Å². The molecule has 0 bridgehead atoms. The molecule has 0 spiro atoms. The van der Waals surface area contributed by atoms with E-state index in [1.165, 1.54) is 0 Å². The first-order valence-electron chi connectivity index (χ1n) is 5.65. The first kappa shape index (κ1) is 14.6. The number of carbonyl (C=O) groups excluding carboxylic acids is 1. The van der Waals surface area contributed by atoms with Gasteiger partial charge in [-0.1, -0.05) is 0 Å². The van der Waals surface area contributed by atoms with E-state index in [0.29, 0.717) is 19.7 Å². The number of ether oxygens (including phenoxy) is 2. The fourth-order valence-electron chi connectivity index (χ4n) is 1.74. The molecule has 0 radical (unpaired) electrons. The zero-order valence-corrected chi connectivity index (χ0v) is 11.0. The fourth-order valence-corrected chi connectivity index (χ4v) is 1.74. The van der Waals surface area contributed by atoms with Crippen LogP contribution in [0, 0.1) is 0 Å². The van der Waals surface area contributed by atoms with E-state index in [0.717, 1.165) is 11.4 Å². The number of anilines is 1. The van der Waals surface area contributed by atoms with Gasteiger partial charge in [0.1, 0.15) is 11.9 Å². The molecule has 0 aromatic heterocycles. The molecule has 1 aromatic rings. The Labute approximate surface area is 112 Å². The van der Waals surface area contributed by atoms with Crippen LogP contribution in [-0.2, 0) is 4.74 Å². The maximum Gasteiger partial charge on any atom is 0.414 e. The zero-order valence-electron chi connectivity index (χ0n) is 10.2. The van der Waals surface area contributed by atoms with Crippen molar-refractivity contribution in [2.75, 3.05) is 24.6 Å². The number of nitrogens with two attached hydrogens (primary N) is 1. The van der Waals surface area contributed by atoms with Crippen molar-refractivity contribution >= 4 is 24.2 Å². The van der Waals surface area contributed by atoms with Crippen LogP contribution in [0.15, 0.2) is 24.3 Å². The predicted octanol–water partition coefficient (Wildman–Crippen LogP) is 1.79. The largest absolute Gasteiger partial charge is 0.494 e. The van der Waals surface area contributed by atoms with Gasteiger partial charge in [-0.25, -0.2) is 4.79 Å². The number of benzene rings is 1. The van der Waals surface area contributed by atoms with E-state index in [4.69, 9.17) is 15.2 Å². The highest BCUT2D eigenvalue weighted by Crippen LogP contribution is 2.23. The van der Waals surface area contributed by atoms with Crippen LogP contribution in [0.5, 0.6) is 5.75 Å². The Morgan fingerprint density at radius 1 is 1.44 bits per heavy atom. The van der Waals surface area contributed by atoms with Gasteiger partial charge in [0.25, 0.3) is 0 Å². The molecule has 1 aliphatic heterocycles. The third-order valence-corrected chi connectivity index (χ3v) is 2.60. The van der Waals surface area contributed by atoms with Gasteiger partial charge in [0.2, 0.25) is 0 Å². The van der Waals surface area contributed by atoms with Crippen LogP contribution in [0.2, 0.25) is 0 Å². The summed E-state index contributed by atoms with van der Waals surface area (Å²) in [7, 11) is 0. The molecule has 18 heavy (non-hydrogen) atoms. The summed E-state index contributed by atoms with van der Waals surface area (Å²) < 4.78 is 10.4. The van der Waals surface area contributed by atoms with Crippen LogP contribution in [0.1, 0.15) is 6.92 Å². The average Bonchev–Trinajstić information content (AvgIpc) is 2.72. The van der Waals surface area contributed by atoms with Crippen LogP contribution in [0.4, 0.5) is 10.5 Å². The minimum Gasteiger partial charge on any atom is -0.494 e. The van der Waals surface area contributed by atoms with Gasteiger partial charge in [0.15, 0.2) is 0 Å². The summed E-state index contributed by atoms with van der Waals surface area (Å²) in [6, 6.07) is 7.35. The Morgan fingerprint density at radius 3 is 2.61 bits per heavy atom. The van der Waals surface area contributed by atoms with Crippen LogP contribution in [0.25, 0.3) is 0 Å². The molecule has 1 heterocycles. The highest BCUT2D eigenvalue weighted by molar-refractivity contribution is 5.89. The highest BCUT2D eigenvalue weighted by atomic mass is 35.5. The summed E-state index contributed by atoms with van der Waals surface area (Å²) in [6.07, 6.45) is -0.557. The SMILES string of the molecule is CCOc1ccc(N2CC(CN)OC2=O)cc1.Cl. The van der Waals surface area contributed by atoms with Crippen molar-refractivity contribution < 1.29 is 14.3 Å². The number of amides is 1. The Morgan fingerprint density at radius 2 is 2.11 bits per heavy atom. The molecule has 1 amide bonds. The number of cyclic esters (lactones) is 1. The first-order valence-corrected chi connectivity index (χ1v) is 5.65. The van der Waals surface area contributed by atoms with E-state index < -0.39 is 0 Å². The number of hydrogen-bond donors (Lipinski definition) is 1. The zero-order chi connectivity index (χ0) is 12.3. The number of rotatable bonds is 4. The van der Waals surface area contributed by atoms with E-state index in [9.17, 15) is 4.79 Å². The van der Waals surface area contributed by atoms with Gasteiger partial charge >= 0.3 is 6.09 Å². The first-order chi connectivity index (χ1) is 8.24. The lowest BCUT2D eigenvalue weighted by atomic mass is 10.2. The number of carbonyl (C=O) groups is 1. The van der Waals surface area contributed by atoms with Gasteiger partial charge in [0.05, 0.1) is 13.2 Å². The van der Waals surface area contributed by atoms with Gasteiger partial charge in [-0.3, -0.25) is 4.90 Å². The highest BCUT2D eigenvalue weighted by Gasteiger charge is 2.31. The van der Waals surface area contributed by atoms with Gasteiger partial charge in [0, 0.05) is 12.2 Å². The Balaban J connectivity index is 0.00000162. The average molecular weight is 273 g/mol. The van der Waals surface area contributed by atoms with E-state index >= 15 is 0 Å². The molecule has 1 aliphatic rings. The quantitative estimate of drug-likeness (QED) is 0.908. The lowest BCUT2D eigenvalue weighted by Gasteiger charge is -2.13. The molecular formula is C12H17ClN2O3. The lowest BCUT2D eigenvalue weighted by Crippen LogP contribution is -2.27. The fraction of sp³-hybridized carbons (Fsp3) is 0.417. The van der Waals surface area contributed by atoms with E-state index in [-0.39, 0.29) is 24.6 Å². The molecule has 1 fully saturated rings. The van der Waals surface area contributed by atoms with E-state index in [2.05, 4.69) is 0 Å². The normalized spacial score (nSPS) is 18.2. The molecule has 100 valence electrons. The monoisotopic (exact) mass is 272 g/mol. The molecule has 0 saturated carbocycles. The predicted molar refractivity (Wildman–Crippen MR) is 71.5 cm³/mol. The van der Waals surface area contributed by atoms with Crippen molar-refractivity contribution in [3.8, 4) is 5.75 Å². The second-order valence-corrected chi connectivity index (χ2v) is 3.78. The van der Waals surface area contributed by atoms with Gasteiger partial charge in [-0.2, -0.15) is 0 Å². The Hall–Kier alpha value is -1.46. The van der Waals surface area contributed by atoms with Gasteiger partial charge < -0.3 is 15.2 Å². The summed E-state index contributed by atoms with van der Waals surface area (Å²) >= 11 is 0. The van der Waals surface area contributed by atoms with Gasteiger partial charge in [-0.05, 0) is 31.2 Å². The molecule has 6 heteroatoms. The van der Waals surface area contributed by atoms with Crippen molar-refractivity contribution in [2.45, 2.75) is 13.0 Å². The molecule has 5 nitrogen and oxygen atoms in total. The topological polar surface area (TPSA) is 64.8 Å². The van der Waals surface area contributed by atoms with Crippen molar-refractivity contribution in [3.05, 3.63) is 24.3 Å². The molecular weight excluding hydrogens is 256 g/mol. The number of nitrogens with zero attached hydrogens (tertiary/aromatic N) is 1. The smallest absolute Gasteiger partial charge is 0.414 e. The van der Waals surface area contributed by atoms with Crippen LogP contribution < -0.4 is 15.4 Å². The summed E-state index contributed by atoms with van der Waals surface area (Å²) in [4.78, 5) is 13.1. The summed E-state index contributed by atoms with van der Waals surface area (Å²) in [5.41, 5.74) is 6.28. The second kappa shape index (κ2) is 6.47. The van der Waals surface area contributed by atoms with Crippen molar-refractivity contribution in [3.63, 3.8) is 0 Å². The molecule has 2 rings (SSSR count). The minimum atomic E-state index is -0.343. The van der Waals surface area contributed by atoms with Crippen LogP contribution in [-0.4, -0.2) is 31.9 Å². The third kappa shape index (κ3) is 3.05. The lowest BCUT2D eigenvalue weighted by molar-refractivity contribution is 0.145. The van der Waals surface area contributed by atoms with E-state index in [1.54, 1.807) is 4.90 Å². The molecule has 1 unspecified atom stereocenters. The number of hydrogen-bond acceptors (Lipinski definition) is 4. The number of halogens is 1. The Kier molecular flexibility index (Phi) is 5.25. The summed E-state index contributed by atoms with van der Waals surface area (Å²) in [5, 5.41) is 0. The molecule has 1 atom stereocenters. The van der Waals surface area contributed by atoms with Crippen molar-refractivity contribution in [1.82, 2.24) is 0 Å². The second-order valence-electron chi connectivity index (χ2n) is 3.78. The van der Waals surface area contributed by atoms with Gasteiger partial charge in [-0.15, -0.1) is 12.4 Å². The minimum absolute atomic E-state index is 0. The maximum absolute atomic E-state index is 11.6. The standard InChI is InChI=1S/C12H16N2O3.ClH/c1-2-16-10-5-3-9(4-6-10)14-8-11(7-13)17-12(14)15;/h3-6,11H,2,7-8,13H2,1H3;1H. The summed E-state index contributed by atoms with van der Waals surface area (Å²) in [5.74, 6) is 0.791. The third-order valence-electron chi connectivity index (χ3n) is 2.60. The van der Waals surface area contributed by atoms with E-state index in [1.807, 2.05) is 31.2 Å². The molecule has 0 aliphatic carbocycles.